The van der Waals surface area contributed by atoms with E-state index in [2.05, 4.69) is 97.1 Å². The summed E-state index contributed by atoms with van der Waals surface area (Å²) < 4.78 is 8.77. The van der Waals surface area contributed by atoms with Gasteiger partial charge in [0.05, 0.1) is 11.4 Å². The minimum atomic E-state index is 0.575. The van der Waals surface area contributed by atoms with Crippen LogP contribution in [-0.2, 0) is 0 Å². The second-order valence-electron chi connectivity index (χ2n) is 9.86. The molecule has 0 radical (unpaired) electrons. The molecule has 4 heteroatoms. The summed E-state index contributed by atoms with van der Waals surface area (Å²) in [5, 5.41) is 3.55. The molecule has 0 aliphatic heterocycles. The smallest absolute Gasteiger partial charge is 0.196 e. The molecule has 3 aromatic heterocycles. The van der Waals surface area contributed by atoms with E-state index in [1.165, 1.54) is 31.3 Å². The number of benzene rings is 5. The first-order valence-electron chi connectivity index (χ1n) is 13.2. The first-order valence-corrected chi connectivity index (χ1v) is 14.1. The van der Waals surface area contributed by atoms with E-state index < -0.39 is 0 Å². The van der Waals surface area contributed by atoms with Crippen LogP contribution >= 0.6 is 11.3 Å². The van der Waals surface area contributed by atoms with Crippen molar-refractivity contribution in [1.29, 1.82) is 0 Å². The number of aromatic nitrogens is 2. The fourth-order valence-corrected chi connectivity index (χ4v) is 6.38. The fraction of sp³-hybridized carbons (Fsp3) is 0. The van der Waals surface area contributed by atoms with Gasteiger partial charge in [0, 0.05) is 36.7 Å². The Morgan fingerprint density at radius 2 is 1.12 bits per heavy atom. The molecule has 0 unspecified atom stereocenters. The highest BCUT2D eigenvalue weighted by atomic mass is 32.1. The van der Waals surface area contributed by atoms with E-state index in [1.54, 1.807) is 0 Å². The van der Waals surface area contributed by atoms with Gasteiger partial charge in [0.25, 0.3) is 0 Å². The van der Waals surface area contributed by atoms with Crippen LogP contribution in [0.3, 0.4) is 0 Å². The number of para-hydroxylation sites is 1. The lowest BCUT2D eigenvalue weighted by atomic mass is 10.0. The number of hydrogen-bond donors (Lipinski definition) is 0. The van der Waals surface area contributed by atoms with Gasteiger partial charge in [-0.3, -0.25) is 0 Å². The van der Waals surface area contributed by atoms with Gasteiger partial charge in [0.15, 0.2) is 11.6 Å². The highest BCUT2D eigenvalue weighted by Gasteiger charge is 2.15. The molecule has 0 atom stereocenters. The molecule has 0 saturated carbocycles. The van der Waals surface area contributed by atoms with Gasteiger partial charge in [-0.25, -0.2) is 9.97 Å². The molecule has 0 fully saturated rings. The summed E-state index contributed by atoms with van der Waals surface area (Å²) in [7, 11) is 0. The average Bonchev–Trinajstić information content (AvgIpc) is 3.63. The molecule has 5 aromatic carbocycles. The van der Waals surface area contributed by atoms with Crippen molar-refractivity contribution in [2.45, 2.75) is 0 Å². The Balaban J connectivity index is 1.29. The van der Waals surface area contributed by atoms with Crippen LogP contribution in [0.1, 0.15) is 0 Å². The van der Waals surface area contributed by atoms with E-state index in [4.69, 9.17) is 14.4 Å². The molecule has 3 nitrogen and oxygen atoms in total. The topological polar surface area (TPSA) is 38.9 Å². The summed E-state index contributed by atoms with van der Waals surface area (Å²) in [5.41, 5.74) is 7.00. The number of rotatable bonds is 4. The monoisotopic (exact) mass is 530 g/mol. The SMILES string of the molecule is c1ccc(-c2ccc(-c3cc(-c4ccc5sc6ccccc6c5c4)nc(-c4cc5ccccc5o4)n3)cc2)cc1. The molecule has 0 aliphatic carbocycles. The first kappa shape index (κ1) is 22.9. The summed E-state index contributed by atoms with van der Waals surface area (Å²) >= 11 is 1.82. The van der Waals surface area contributed by atoms with Crippen molar-refractivity contribution >= 4 is 42.5 Å². The van der Waals surface area contributed by atoms with E-state index in [1.807, 2.05) is 47.7 Å². The van der Waals surface area contributed by atoms with Gasteiger partial charge in [-0.1, -0.05) is 97.1 Å². The average molecular weight is 531 g/mol. The van der Waals surface area contributed by atoms with Crippen LogP contribution < -0.4 is 0 Å². The third kappa shape index (κ3) is 3.98. The number of hydrogen-bond acceptors (Lipinski definition) is 4. The number of furan rings is 1. The van der Waals surface area contributed by atoms with Crippen molar-refractivity contribution in [3.8, 4) is 45.2 Å². The molecule has 8 aromatic rings. The van der Waals surface area contributed by atoms with E-state index >= 15 is 0 Å². The molecule has 3 heterocycles. The van der Waals surface area contributed by atoms with Crippen LogP contribution in [-0.4, -0.2) is 9.97 Å². The van der Waals surface area contributed by atoms with Gasteiger partial charge in [0.1, 0.15) is 5.58 Å². The maximum absolute atomic E-state index is 6.20. The summed E-state index contributed by atoms with van der Waals surface area (Å²) in [5.74, 6) is 1.23. The third-order valence-corrected chi connectivity index (χ3v) is 8.48. The van der Waals surface area contributed by atoms with Crippen LogP contribution in [0.5, 0.6) is 0 Å². The van der Waals surface area contributed by atoms with Gasteiger partial charge in [0.2, 0.25) is 0 Å². The largest absolute Gasteiger partial charge is 0.453 e. The van der Waals surface area contributed by atoms with Crippen molar-refractivity contribution < 1.29 is 4.42 Å². The van der Waals surface area contributed by atoms with Crippen molar-refractivity contribution in [2.24, 2.45) is 0 Å². The lowest BCUT2D eigenvalue weighted by Crippen LogP contribution is -1.95. The normalized spacial score (nSPS) is 11.5. The van der Waals surface area contributed by atoms with E-state index in [0.29, 0.717) is 11.6 Å². The molecule has 0 N–H and O–H groups in total. The zero-order valence-corrected chi connectivity index (χ0v) is 22.2. The molecule has 0 saturated heterocycles. The van der Waals surface area contributed by atoms with E-state index in [-0.39, 0.29) is 0 Å². The first-order chi connectivity index (χ1) is 19.8. The molecule has 0 bridgehead atoms. The lowest BCUT2D eigenvalue weighted by Gasteiger charge is -2.09. The predicted molar refractivity (Wildman–Crippen MR) is 166 cm³/mol. The van der Waals surface area contributed by atoms with Crippen molar-refractivity contribution in [3.63, 3.8) is 0 Å². The standard InChI is InChI=1S/C36H22N2OS/c1-2-8-23(9-3-1)24-14-16-25(17-15-24)30-22-31(38-36(37-30)33-21-27-10-4-6-12-32(27)39-33)26-18-19-35-29(20-26)28-11-5-7-13-34(28)40-35/h1-22H. The van der Waals surface area contributed by atoms with Gasteiger partial charge in [-0.2, -0.15) is 0 Å². The number of thiophene rings is 1. The maximum Gasteiger partial charge on any atom is 0.196 e. The molecular weight excluding hydrogens is 508 g/mol. The predicted octanol–water partition coefficient (Wildman–Crippen LogP) is 10.3. The van der Waals surface area contributed by atoms with Gasteiger partial charge in [-0.05, 0) is 47.5 Å². The molecular formula is C36H22N2OS. The summed E-state index contributed by atoms with van der Waals surface area (Å²) in [6, 6.07) is 46.3. The highest BCUT2D eigenvalue weighted by Crippen LogP contribution is 2.37. The van der Waals surface area contributed by atoms with Gasteiger partial charge in [-0.15, -0.1) is 11.3 Å². The Kier molecular flexibility index (Phi) is 5.32. The lowest BCUT2D eigenvalue weighted by molar-refractivity contribution is 0.625. The van der Waals surface area contributed by atoms with E-state index in [0.717, 1.165) is 33.5 Å². The molecule has 0 aliphatic rings. The van der Waals surface area contributed by atoms with Crippen molar-refractivity contribution in [2.75, 3.05) is 0 Å². The molecule has 8 rings (SSSR count). The van der Waals surface area contributed by atoms with Crippen LogP contribution in [0.15, 0.2) is 138 Å². The summed E-state index contributed by atoms with van der Waals surface area (Å²) in [4.78, 5) is 10.0. The molecule has 0 amide bonds. The Bertz CT molecular complexity index is 2120. The maximum atomic E-state index is 6.20. The zero-order valence-electron chi connectivity index (χ0n) is 21.4. The second-order valence-corrected chi connectivity index (χ2v) is 10.9. The number of fused-ring (bicyclic) bond motifs is 4. The highest BCUT2D eigenvalue weighted by molar-refractivity contribution is 7.25. The minimum absolute atomic E-state index is 0.575. The fourth-order valence-electron chi connectivity index (χ4n) is 5.29. The van der Waals surface area contributed by atoms with Gasteiger partial charge >= 0.3 is 0 Å². The van der Waals surface area contributed by atoms with Crippen LogP contribution in [0.4, 0.5) is 0 Å². The Morgan fingerprint density at radius 3 is 1.98 bits per heavy atom. The van der Waals surface area contributed by atoms with Crippen LogP contribution in [0, 0.1) is 0 Å². The third-order valence-electron chi connectivity index (χ3n) is 7.33. The Hall–Kier alpha value is -5.06. The quantitative estimate of drug-likeness (QED) is 0.227. The minimum Gasteiger partial charge on any atom is -0.453 e. The second kappa shape index (κ2) is 9.30. The van der Waals surface area contributed by atoms with Gasteiger partial charge < -0.3 is 4.42 Å². The summed E-state index contributed by atoms with van der Waals surface area (Å²) in [6.45, 7) is 0. The molecule has 0 spiro atoms. The zero-order chi connectivity index (χ0) is 26.5. The van der Waals surface area contributed by atoms with Crippen molar-refractivity contribution in [3.05, 3.63) is 133 Å². The van der Waals surface area contributed by atoms with Crippen LogP contribution in [0.25, 0.3) is 76.4 Å². The Morgan fingerprint density at radius 1 is 0.475 bits per heavy atom. The molecule has 40 heavy (non-hydrogen) atoms. The van der Waals surface area contributed by atoms with Crippen LogP contribution in [0.2, 0.25) is 0 Å². The van der Waals surface area contributed by atoms with E-state index in [9.17, 15) is 0 Å². The number of nitrogens with zero attached hydrogens (tertiary/aromatic N) is 2. The summed E-state index contributed by atoms with van der Waals surface area (Å²) in [6.07, 6.45) is 0. The molecule has 188 valence electrons. The Labute approximate surface area is 235 Å². The van der Waals surface area contributed by atoms with Crippen molar-refractivity contribution in [1.82, 2.24) is 9.97 Å².